The topological polar surface area (TPSA) is 76.1 Å². The van der Waals surface area contributed by atoms with E-state index in [0.29, 0.717) is 29.2 Å². The first-order chi connectivity index (χ1) is 15.8. The van der Waals surface area contributed by atoms with Gasteiger partial charge in [-0.15, -0.1) is 0 Å². The van der Waals surface area contributed by atoms with Crippen LogP contribution in [0.2, 0.25) is 0 Å². The highest BCUT2D eigenvalue weighted by Crippen LogP contribution is 2.36. The number of thioether (sulfide) groups is 1. The van der Waals surface area contributed by atoms with Crippen LogP contribution in [-0.2, 0) is 9.59 Å². The Bertz CT molecular complexity index is 870. The molecule has 1 N–H and O–H groups in total. The van der Waals surface area contributed by atoms with Crippen molar-refractivity contribution in [3.05, 3.63) is 28.7 Å². The Morgan fingerprint density at radius 1 is 1.15 bits per heavy atom. The molecule has 182 valence electrons. The SMILES string of the molecule is CCCCCCCC(C)Oc1ccc(/C=C2/SC(=S)N(C(CCC)C(=O)O)C2=O)cc1OC. The molecule has 0 aliphatic carbocycles. The van der Waals surface area contributed by atoms with Crippen molar-refractivity contribution in [2.75, 3.05) is 7.11 Å². The van der Waals surface area contributed by atoms with Crippen LogP contribution in [0.5, 0.6) is 11.5 Å². The maximum atomic E-state index is 12.9. The number of hydrogen-bond acceptors (Lipinski definition) is 6. The molecule has 8 heteroatoms. The number of amides is 1. The molecule has 33 heavy (non-hydrogen) atoms. The molecule has 0 bridgehead atoms. The summed E-state index contributed by atoms with van der Waals surface area (Å²) >= 11 is 6.44. The van der Waals surface area contributed by atoms with E-state index in [1.54, 1.807) is 13.2 Å². The predicted molar refractivity (Wildman–Crippen MR) is 138 cm³/mol. The molecule has 2 atom stereocenters. The summed E-state index contributed by atoms with van der Waals surface area (Å²) in [6.07, 6.45) is 9.91. The fourth-order valence-electron chi connectivity index (χ4n) is 3.72. The summed E-state index contributed by atoms with van der Waals surface area (Å²) in [7, 11) is 1.59. The molecule has 0 radical (unpaired) electrons. The number of carbonyl (C=O) groups excluding carboxylic acids is 1. The molecule has 6 nitrogen and oxygen atoms in total. The predicted octanol–water partition coefficient (Wildman–Crippen LogP) is 6.28. The summed E-state index contributed by atoms with van der Waals surface area (Å²) in [4.78, 5) is 26.2. The molecular weight excluding hydrogens is 458 g/mol. The second kappa shape index (κ2) is 13.6. The van der Waals surface area contributed by atoms with E-state index in [9.17, 15) is 14.7 Å². The molecule has 2 rings (SSSR count). The van der Waals surface area contributed by atoms with E-state index in [1.807, 2.05) is 25.1 Å². The summed E-state index contributed by atoms with van der Waals surface area (Å²) in [6.45, 7) is 6.16. The van der Waals surface area contributed by atoms with Crippen LogP contribution in [0.4, 0.5) is 0 Å². The van der Waals surface area contributed by atoms with Crippen molar-refractivity contribution in [1.82, 2.24) is 4.90 Å². The first-order valence-corrected chi connectivity index (χ1v) is 12.9. The van der Waals surface area contributed by atoms with Gasteiger partial charge in [0.25, 0.3) is 5.91 Å². The third-order valence-corrected chi connectivity index (χ3v) is 6.84. The van der Waals surface area contributed by atoms with Gasteiger partial charge in [-0.05, 0) is 50.0 Å². The number of rotatable bonds is 14. The molecular formula is C25H35NO5S2. The lowest BCUT2D eigenvalue weighted by Gasteiger charge is -2.22. The number of unbranched alkanes of at least 4 members (excludes halogenated alkanes) is 4. The van der Waals surface area contributed by atoms with E-state index in [-0.39, 0.29) is 16.3 Å². The van der Waals surface area contributed by atoms with E-state index >= 15 is 0 Å². The first kappa shape index (κ1) is 27.2. The summed E-state index contributed by atoms with van der Waals surface area (Å²) < 4.78 is 11.9. The lowest BCUT2D eigenvalue weighted by Crippen LogP contribution is -2.43. The third kappa shape index (κ3) is 7.74. The van der Waals surface area contributed by atoms with Gasteiger partial charge in [-0.3, -0.25) is 9.69 Å². The number of ether oxygens (including phenoxy) is 2. The molecule has 0 spiro atoms. The molecule has 2 unspecified atom stereocenters. The van der Waals surface area contributed by atoms with E-state index in [0.717, 1.165) is 30.2 Å². The van der Waals surface area contributed by atoms with Crippen molar-refractivity contribution in [3.63, 3.8) is 0 Å². The van der Waals surface area contributed by atoms with Gasteiger partial charge in [0.1, 0.15) is 10.4 Å². The normalized spacial score (nSPS) is 16.8. The van der Waals surface area contributed by atoms with Gasteiger partial charge < -0.3 is 14.6 Å². The number of nitrogens with zero attached hydrogens (tertiary/aromatic N) is 1. The van der Waals surface area contributed by atoms with Gasteiger partial charge >= 0.3 is 5.97 Å². The average molecular weight is 494 g/mol. The van der Waals surface area contributed by atoms with Crippen LogP contribution < -0.4 is 9.47 Å². The molecule has 1 aliphatic rings. The standard InChI is InChI=1S/C25H35NO5S2/c1-5-7-8-9-10-12-17(3)31-20-14-13-18(15-21(20)30-4)16-22-23(27)26(25(32)33-22)19(11-6-2)24(28)29/h13-17,19H,5-12H2,1-4H3,(H,28,29)/b22-16+. The largest absolute Gasteiger partial charge is 0.493 e. The van der Waals surface area contributed by atoms with E-state index in [4.69, 9.17) is 21.7 Å². The van der Waals surface area contributed by atoms with Crippen LogP contribution in [0.3, 0.4) is 0 Å². The molecule has 1 aromatic rings. The van der Waals surface area contributed by atoms with Crippen LogP contribution in [-0.4, -0.2) is 45.5 Å². The van der Waals surface area contributed by atoms with Crippen molar-refractivity contribution in [2.24, 2.45) is 0 Å². The van der Waals surface area contributed by atoms with Crippen LogP contribution in [0, 0.1) is 0 Å². The first-order valence-electron chi connectivity index (χ1n) is 11.7. The van der Waals surface area contributed by atoms with Crippen molar-refractivity contribution < 1.29 is 24.2 Å². The number of carboxylic acid groups (broad SMARTS) is 1. The molecule has 1 aromatic carbocycles. The highest BCUT2D eigenvalue weighted by Gasteiger charge is 2.40. The van der Waals surface area contributed by atoms with Gasteiger partial charge in [0.05, 0.1) is 18.1 Å². The zero-order valence-corrected chi connectivity index (χ0v) is 21.6. The number of benzene rings is 1. The second-order valence-electron chi connectivity index (χ2n) is 8.24. The van der Waals surface area contributed by atoms with E-state index in [1.165, 1.54) is 30.6 Å². The quantitative estimate of drug-likeness (QED) is 0.186. The highest BCUT2D eigenvalue weighted by atomic mass is 32.2. The van der Waals surface area contributed by atoms with Crippen molar-refractivity contribution in [2.45, 2.75) is 84.3 Å². The second-order valence-corrected chi connectivity index (χ2v) is 9.91. The molecule has 1 aliphatic heterocycles. The monoisotopic (exact) mass is 493 g/mol. The molecule has 1 fully saturated rings. The number of aliphatic carboxylic acids is 1. The summed E-state index contributed by atoms with van der Waals surface area (Å²) in [6, 6.07) is 4.58. The van der Waals surface area contributed by atoms with Crippen molar-refractivity contribution in [1.29, 1.82) is 0 Å². The van der Waals surface area contributed by atoms with Crippen LogP contribution in [0.15, 0.2) is 23.1 Å². The van der Waals surface area contributed by atoms with Gasteiger partial charge in [0.2, 0.25) is 0 Å². The summed E-state index contributed by atoms with van der Waals surface area (Å²) in [5.74, 6) is -0.164. The smallest absolute Gasteiger partial charge is 0.326 e. The fourth-order valence-corrected chi connectivity index (χ4v) is 5.08. The zero-order chi connectivity index (χ0) is 24.4. The number of thiocarbonyl (C=S) groups is 1. The molecule has 1 heterocycles. The van der Waals surface area contributed by atoms with Gasteiger partial charge in [0.15, 0.2) is 11.5 Å². The van der Waals surface area contributed by atoms with Gasteiger partial charge in [-0.2, -0.15) is 0 Å². The van der Waals surface area contributed by atoms with Gasteiger partial charge in [-0.1, -0.05) is 76.0 Å². The van der Waals surface area contributed by atoms with Crippen LogP contribution in [0.1, 0.15) is 77.7 Å². The Morgan fingerprint density at radius 3 is 2.52 bits per heavy atom. The number of carbonyl (C=O) groups is 2. The van der Waals surface area contributed by atoms with E-state index < -0.39 is 12.0 Å². The Kier molecular flexibility index (Phi) is 11.2. The maximum Gasteiger partial charge on any atom is 0.326 e. The lowest BCUT2D eigenvalue weighted by atomic mass is 10.1. The minimum Gasteiger partial charge on any atom is -0.493 e. The number of carboxylic acids is 1. The Balaban J connectivity index is 2.10. The van der Waals surface area contributed by atoms with Crippen molar-refractivity contribution >= 4 is 46.3 Å². The lowest BCUT2D eigenvalue weighted by molar-refractivity contribution is -0.145. The maximum absolute atomic E-state index is 12.9. The molecule has 1 amide bonds. The number of methoxy groups -OCH3 is 1. The molecule has 1 saturated heterocycles. The Hall–Kier alpha value is -2.06. The third-order valence-electron chi connectivity index (χ3n) is 5.51. The van der Waals surface area contributed by atoms with E-state index in [2.05, 4.69) is 13.8 Å². The van der Waals surface area contributed by atoms with Gasteiger partial charge in [0, 0.05) is 0 Å². The Morgan fingerprint density at radius 2 is 1.88 bits per heavy atom. The minimum atomic E-state index is -1.04. The van der Waals surface area contributed by atoms with Crippen molar-refractivity contribution in [3.8, 4) is 11.5 Å². The average Bonchev–Trinajstić information content (AvgIpc) is 3.05. The summed E-state index contributed by atoms with van der Waals surface area (Å²) in [5.41, 5.74) is 0.759. The summed E-state index contributed by atoms with van der Waals surface area (Å²) in [5, 5.41) is 9.53. The van der Waals surface area contributed by atoms with Gasteiger partial charge in [-0.25, -0.2) is 4.79 Å². The zero-order valence-electron chi connectivity index (χ0n) is 20.0. The highest BCUT2D eigenvalue weighted by molar-refractivity contribution is 8.26. The minimum absolute atomic E-state index is 0.0779. The number of hydrogen-bond donors (Lipinski definition) is 1. The molecule has 0 saturated carbocycles. The fraction of sp³-hybridized carbons (Fsp3) is 0.560. The van der Waals surface area contributed by atoms with Crippen LogP contribution >= 0.6 is 24.0 Å². The Labute approximate surface area is 206 Å². The molecule has 0 aromatic heterocycles. The van der Waals surface area contributed by atoms with Crippen LogP contribution in [0.25, 0.3) is 6.08 Å².